The summed E-state index contributed by atoms with van der Waals surface area (Å²) in [6.45, 7) is 5.67. The Morgan fingerprint density at radius 1 is 1.29 bits per heavy atom. The highest BCUT2D eigenvalue weighted by atomic mass is 32.2. The molecule has 0 bridgehead atoms. The lowest BCUT2D eigenvalue weighted by atomic mass is 9.97. The van der Waals surface area contributed by atoms with Crippen LogP contribution < -0.4 is 5.32 Å². The third kappa shape index (κ3) is 5.24. The molecule has 0 aliphatic rings. The molecule has 1 aromatic carbocycles. The van der Waals surface area contributed by atoms with Gasteiger partial charge in [0.2, 0.25) is 5.91 Å². The molecule has 0 saturated carbocycles. The van der Waals surface area contributed by atoms with Gasteiger partial charge in [0.15, 0.2) is 11.7 Å². The van der Waals surface area contributed by atoms with E-state index >= 15 is 0 Å². The molecule has 112 valence electrons. The van der Waals surface area contributed by atoms with Crippen LogP contribution in [-0.4, -0.2) is 23.5 Å². The van der Waals surface area contributed by atoms with E-state index in [1.807, 2.05) is 12.1 Å². The van der Waals surface area contributed by atoms with Crippen molar-refractivity contribution in [1.82, 2.24) is 5.32 Å². The van der Waals surface area contributed by atoms with Gasteiger partial charge in [-0.2, -0.15) is 17.0 Å². The average Bonchev–Trinajstić information content (AvgIpc) is 2.45. The second kappa shape index (κ2) is 8.48. The Bertz CT molecular complexity index is 532. The van der Waals surface area contributed by atoms with Crippen LogP contribution in [0.1, 0.15) is 36.7 Å². The van der Waals surface area contributed by atoms with Crippen molar-refractivity contribution in [2.45, 2.75) is 32.6 Å². The molecule has 0 aliphatic carbocycles. The van der Waals surface area contributed by atoms with Crippen LogP contribution in [0.4, 0.5) is 0 Å². The average molecular weight is 304 g/mol. The molecule has 0 saturated heterocycles. The summed E-state index contributed by atoms with van der Waals surface area (Å²) in [5.74, 6) is -0.357. The van der Waals surface area contributed by atoms with E-state index in [2.05, 4.69) is 12.2 Å². The Balaban J connectivity index is 2.81. The summed E-state index contributed by atoms with van der Waals surface area (Å²) in [4.78, 5) is 24.1. The molecule has 4 nitrogen and oxygen atoms in total. The molecule has 0 heterocycles. The summed E-state index contributed by atoms with van der Waals surface area (Å²) >= 11 is 1.80. The molecule has 1 aromatic rings. The smallest absolute Gasteiger partial charge is 0.245 e. The fourth-order valence-electron chi connectivity index (χ4n) is 1.76. The molecule has 21 heavy (non-hydrogen) atoms. The normalized spacial score (nSPS) is 11.8. The van der Waals surface area contributed by atoms with E-state index in [-0.39, 0.29) is 6.04 Å². The van der Waals surface area contributed by atoms with Crippen LogP contribution in [0.2, 0.25) is 0 Å². The monoisotopic (exact) mass is 304 g/mol. The van der Waals surface area contributed by atoms with Crippen LogP contribution in [0.3, 0.4) is 0 Å². The number of carbonyl (C=O) groups excluding carboxylic acids is 2. The van der Waals surface area contributed by atoms with Crippen LogP contribution in [0.15, 0.2) is 24.3 Å². The van der Waals surface area contributed by atoms with E-state index in [0.717, 1.165) is 17.1 Å². The van der Waals surface area contributed by atoms with E-state index in [1.54, 1.807) is 43.8 Å². The number of rotatable bonds is 7. The Morgan fingerprint density at radius 3 is 2.38 bits per heavy atom. The zero-order chi connectivity index (χ0) is 15.8. The number of nitriles is 1. The SMILES string of the molecule is CCSCc1ccc(C(=O)[C@@H](C#N)C(=O)NC(C)C)cc1. The predicted molar refractivity (Wildman–Crippen MR) is 85.0 cm³/mol. The molecule has 1 N–H and O–H groups in total. The first-order valence-electron chi connectivity index (χ1n) is 6.90. The van der Waals surface area contributed by atoms with Gasteiger partial charge in [-0.3, -0.25) is 9.59 Å². The van der Waals surface area contributed by atoms with Crippen LogP contribution in [0, 0.1) is 17.2 Å². The molecule has 5 heteroatoms. The summed E-state index contributed by atoms with van der Waals surface area (Å²) in [7, 11) is 0. The van der Waals surface area contributed by atoms with Crippen LogP contribution in [0.25, 0.3) is 0 Å². The minimum atomic E-state index is -1.29. The van der Waals surface area contributed by atoms with E-state index < -0.39 is 17.6 Å². The predicted octanol–water partition coefficient (Wildman–Crippen LogP) is 2.79. The van der Waals surface area contributed by atoms with Crippen molar-refractivity contribution in [2.24, 2.45) is 5.92 Å². The van der Waals surface area contributed by atoms with Gasteiger partial charge in [-0.15, -0.1) is 0 Å². The summed E-state index contributed by atoms with van der Waals surface area (Å²) in [6.07, 6.45) is 0. The highest BCUT2D eigenvalue weighted by molar-refractivity contribution is 7.98. The summed E-state index contributed by atoms with van der Waals surface area (Å²) < 4.78 is 0. The topological polar surface area (TPSA) is 70.0 Å². The fraction of sp³-hybridized carbons (Fsp3) is 0.438. The van der Waals surface area contributed by atoms with Crippen LogP contribution in [0.5, 0.6) is 0 Å². The molecule has 0 fully saturated rings. The van der Waals surface area contributed by atoms with Crippen LogP contribution in [-0.2, 0) is 10.5 Å². The van der Waals surface area contributed by atoms with Crippen molar-refractivity contribution >= 4 is 23.5 Å². The number of nitrogens with zero attached hydrogens (tertiary/aromatic N) is 1. The summed E-state index contributed by atoms with van der Waals surface area (Å²) in [5.41, 5.74) is 1.52. The number of benzene rings is 1. The molecule has 1 amide bonds. The number of hydrogen-bond acceptors (Lipinski definition) is 4. The second-order valence-electron chi connectivity index (χ2n) is 4.92. The number of amides is 1. The maximum Gasteiger partial charge on any atom is 0.245 e. The van der Waals surface area contributed by atoms with Gasteiger partial charge in [0.05, 0.1) is 6.07 Å². The van der Waals surface area contributed by atoms with E-state index in [4.69, 9.17) is 5.26 Å². The van der Waals surface area contributed by atoms with Crippen molar-refractivity contribution in [1.29, 1.82) is 5.26 Å². The fourth-order valence-corrected chi connectivity index (χ4v) is 2.39. The molecular formula is C16H20N2O2S. The van der Waals surface area contributed by atoms with Crippen molar-refractivity contribution in [3.05, 3.63) is 35.4 Å². The zero-order valence-corrected chi connectivity index (χ0v) is 13.4. The number of hydrogen-bond donors (Lipinski definition) is 1. The molecule has 1 atom stereocenters. The third-order valence-electron chi connectivity index (χ3n) is 2.80. The first-order chi connectivity index (χ1) is 9.99. The number of nitrogens with one attached hydrogen (secondary N) is 1. The number of carbonyl (C=O) groups is 2. The van der Waals surface area contributed by atoms with Gasteiger partial charge in [-0.25, -0.2) is 0 Å². The number of thioether (sulfide) groups is 1. The number of Topliss-reactive ketones (excluding diaryl/α,β-unsaturated/α-hetero) is 1. The van der Waals surface area contributed by atoms with Crippen molar-refractivity contribution in [3.8, 4) is 6.07 Å². The molecule has 0 aliphatic heterocycles. The highest BCUT2D eigenvalue weighted by Crippen LogP contribution is 2.15. The van der Waals surface area contributed by atoms with E-state index in [1.165, 1.54) is 0 Å². The zero-order valence-electron chi connectivity index (χ0n) is 12.6. The first-order valence-corrected chi connectivity index (χ1v) is 8.06. The molecule has 0 unspecified atom stereocenters. The largest absolute Gasteiger partial charge is 0.352 e. The van der Waals surface area contributed by atoms with Gasteiger partial charge in [-0.1, -0.05) is 31.2 Å². The van der Waals surface area contributed by atoms with Crippen LogP contribution >= 0.6 is 11.8 Å². The molecular weight excluding hydrogens is 284 g/mol. The number of ketones is 1. The minimum absolute atomic E-state index is 0.102. The Kier molecular flexibility index (Phi) is 6.97. The quantitative estimate of drug-likeness (QED) is 0.621. The Labute approximate surface area is 129 Å². The molecule has 1 rings (SSSR count). The Hall–Kier alpha value is -1.80. The van der Waals surface area contributed by atoms with Crippen molar-refractivity contribution < 1.29 is 9.59 Å². The standard InChI is InChI=1S/C16H20N2O2S/c1-4-21-10-12-5-7-13(8-6-12)15(19)14(9-17)16(20)18-11(2)3/h5-8,11,14H,4,10H2,1-3H3,(H,18,20)/t14-/m1/s1. The summed E-state index contributed by atoms with van der Waals surface area (Å²) in [6, 6.07) is 8.78. The maximum atomic E-state index is 12.2. The van der Waals surface area contributed by atoms with Gasteiger partial charge in [0.25, 0.3) is 0 Å². The first kappa shape index (κ1) is 17.3. The van der Waals surface area contributed by atoms with Gasteiger partial charge < -0.3 is 5.32 Å². The second-order valence-corrected chi connectivity index (χ2v) is 6.20. The van der Waals surface area contributed by atoms with Gasteiger partial charge in [-0.05, 0) is 25.2 Å². The maximum absolute atomic E-state index is 12.2. The lowest BCUT2D eigenvalue weighted by Crippen LogP contribution is -2.38. The lowest BCUT2D eigenvalue weighted by molar-refractivity contribution is -0.122. The molecule has 0 spiro atoms. The molecule has 0 radical (unpaired) electrons. The van der Waals surface area contributed by atoms with Crippen molar-refractivity contribution in [3.63, 3.8) is 0 Å². The lowest BCUT2D eigenvalue weighted by Gasteiger charge is -2.12. The van der Waals surface area contributed by atoms with E-state index in [0.29, 0.717) is 5.56 Å². The minimum Gasteiger partial charge on any atom is -0.352 e. The van der Waals surface area contributed by atoms with E-state index in [9.17, 15) is 9.59 Å². The Morgan fingerprint density at radius 2 is 1.90 bits per heavy atom. The van der Waals surface area contributed by atoms with Crippen molar-refractivity contribution in [2.75, 3.05) is 5.75 Å². The van der Waals surface area contributed by atoms with Gasteiger partial charge in [0, 0.05) is 17.4 Å². The third-order valence-corrected chi connectivity index (χ3v) is 3.74. The molecule has 0 aromatic heterocycles. The highest BCUT2D eigenvalue weighted by Gasteiger charge is 2.27. The summed E-state index contributed by atoms with van der Waals surface area (Å²) in [5, 5.41) is 11.7. The van der Waals surface area contributed by atoms with Gasteiger partial charge >= 0.3 is 0 Å². The van der Waals surface area contributed by atoms with Gasteiger partial charge in [0.1, 0.15) is 0 Å².